The van der Waals surface area contributed by atoms with Gasteiger partial charge in [-0.15, -0.1) is 0 Å². The number of aromatic nitrogens is 2. The topological polar surface area (TPSA) is 75.3 Å². The standard InChI is InChI=1S/C12H22N4O/c1-4-5-11-14-10(13)8-12(15-11)16(6-7-17)9(2)3/h8-9,17H,4-7H2,1-3H3,(H2,13,14,15). The summed E-state index contributed by atoms with van der Waals surface area (Å²) < 4.78 is 0. The van der Waals surface area contributed by atoms with Gasteiger partial charge in [-0.2, -0.15) is 0 Å². The average Bonchev–Trinajstić information content (AvgIpc) is 2.25. The summed E-state index contributed by atoms with van der Waals surface area (Å²) in [5.41, 5.74) is 5.78. The van der Waals surface area contributed by atoms with Crippen molar-refractivity contribution in [3.8, 4) is 0 Å². The van der Waals surface area contributed by atoms with E-state index in [4.69, 9.17) is 10.8 Å². The van der Waals surface area contributed by atoms with E-state index < -0.39 is 0 Å². The van der Waals surface area contributed by atoms with E-state index in [2.05, 4.69) is 30.7 Å². The predicted molar refractivity (Wildman–Crippen MR) is 70.0 cm³/mol. The minimum Gasteiger partial charge on any atom is -0.395 e. The molecule has 5 nitrogen and oxygen atoms in total. The molecular weight excluding hydrogens is 216 g/mol. The molecule has 0 fully saturated rings. The first-order valence-electron chi connectivity index (χ1n) is 6.09. The molecule has 0 radical (unpaired) electrons. The third-order valence-electron chi connectivity index (χ3n) is 2.51. The number of hydrogen-bond donors (Lipinski definition) is 2. The van der Waals surface area contributed by atoms with Crippen LogP contribution in [0.1, 0.15) is 33.0 Å². The van der Waals surface area contributed by atoms with Crippen LogP contribution in [0.5, 0.6) is 0 Å². The van der Waals surface area contributed by atoms with Crippen molar-refractivity contribution in [2.24, 2.45) is 0 Å². The summed E-state index contributed by atoms with van der Waals surface area (Å²) in [4.78, 5) is 10.7. The highest BCUT2D eigenvalue weighted by Gasteiger charge is 2.13. The van der Waals surface area contributed by atoms with E-state index in [1.807, 2.05) is 4.90 Å². The number of nitrogens with zero attached hydrogens (tertiary/aromatic N) is 3. The molecule has 0 spiro atoms. The van der Waals surface area contributed by atoms with Crippen molar-refractivity contribution < 1.29 is 5.11 Å². The quantitative estimate of drug-likeness (QED) is 0.779. The molecule has 0 amide bonds. The number of rotatable bonds is 6. The Kier molecular flexibility index (Phi) is 5.15. The lowest BCUT2D eigenvalue weighted by atomic mass is 10.3. The molecule has 1 heterocycles. The third kappa shape index (κ3) is 3.85. The summed E-state index contributed by atoms with van der Waals surface area (Å²) in [6.45, 7) is 6.87. The molecule has 5 heteroatoms. The van der Waals surface area contributed by atoms with Crippen molar-refractivity contribution in [2.45, 2.75) is 39.7 Å². The molecule has 3 N–H and O–H groups in total. The second kappa shape index (κ2) is 6.39. The molecule has 1 rings (SSSR count). The SMILES string of the molecule is CCCc1nc(N)cc(N(CCO)C(C)C)n1. The zero-order valence-corrected chi connectivity index (χ0v) is 10.8. The van der Waals surface area contributed by atoms with Crippen LogP contribution in [0.25, 0.3) is 0 Å². The summed E-state index contributed by atoms with van der Waals surface area (Å²) >= 11 is 0. The molecule has 96 valence electrons. The summed E-state index contributed by atoms with van der Waals surface area (Å²) in [6, 6.07) is 2.03. The molecule has 17 heavy (non-hydrogen) atoms. The Morgan fingerprint density at radius 3 is 2.65 bits per heavy atom. The highest BCUT2D eigenvalue weighted by Crippen LogP contribution is 2.17. The molecule has 0 saturated heterocycles. The van der Waals surface area contributed by atoms with Gasteiger partial charge >= 0.3 is 0 Å². The molecule has 1 aromatic rings. The molecule has 0 aliphatic carbocycles. The largest absolute Gasteiger partial charge is 0.395 e. The number of aliphatic hydroxyl groups excluding tert-OH is 1. The summed E-state index contributed by atoms with van der Waals surface area (Å²) in [6.07, 6.45) is 1.81. The Morgan fingerprint density at radius 2 is 2.12 bits per heavy atom. The van der Waals surface area contributed by atoms with E-state index >= 15 is 0 Å². The second-order valence-corrected chi connectivity index (χ2v) is 4.33. The van der Waals surface area contributed by atoms with Crippen LogP contribution in [0.3, 0.4) is 0 Å². The molecule has 0 aromatic carbocycles. The number of nitrogens with two attached hydrogens (primary N) is 1. The summed E-state index contributed by atoms with van der Waals surface area (Å²) in [7, 11) is 0. The van der Waals surface area contributed by atoms with E-state index in [1.54, 1.807) is 6.07 Å². The zero-order chi connectivity index (χ0) is 12.8. The van der Waals surface area contributed by atoms with Crippen molar-refractivity contribution >= 4 is 11.6 Å². The molecule has 0 aliphatic heterocycles. The maximum Gasteiger partial charge on any atom is 0.134 e. The van der Waals surface area contributed by atoms with Crippen molar-refractivity contribution in [2.75, 3.05) is 23.8 Å². The Morgan fingerprint density at radius 1 is 1.41 bits per heavy atom. The van der Waals surface area contributed by atoms with Crippen molar-refractivity contribution in [1.29, 1.82) is 0 Å². The molecule has 0 bridgehead atoms. The van der Waals surface area contributed by atoms with Gasteiger partial charge in [-0.05, 0) is 20.3 Å². The molecular formula is C12H22N4O. The fourth-order valence-corrected chi connectivity index (χ4v) is 1.73. The number of nitrogen functional groups attached to an aromatic ring is 1. The fraction of sp³-hybridized carbons (Fsp3) is 0.667. The minimum atomic E-state index is 0.102. The molecule has 0 unspecified atom stereocenters. The zero-order valence-electron chi connectivity index (χ0n) is 10.8. The lowest BCUT2D eigenvalue weighted by Gasteiger charge is -2.27. The van der Waals surface area contributed by atoms with Gasteiger partial charge in [0.15, 0.2) is 0 Å². The first kappa shape index (κ1) is 13.7. The van der Waals surface area contributed by atoms with Gasteiger partial charge in [-0.25, -0.2) is 9.97 Å². The van der Waals surface area contributed by atoms with Gasteiger partial charge in [-0.1, -0.05) is 6.92 Å². The molecule has 1 aromatic heterocycles. The lowest BCUT2D eigenvalue weighted by molar-refractivity contribution is 0.298. The molecule has 0 atom stereocenters. The number of aliphatic hydroxyl groups is 1. The van der Waals surface area contributed by atoms with Gasteiger partial charge in [0.05, 0.1) is 6.61 Å². The Balaban J connectivity index is 3.00. The lowest BCUT2D eigenvalue weighted by Crippen LogP contribution is -2.34. The van der Waals surface area contributed by atoms with E-state index in [1.165, 1.54) is 0 Å². The summed E-state index contributed by atoms with van der Waals surface area (Å²) in [5, 5.41) is 9.07. The van der Waals surface area contributed by atoms with Crippen molar-refractivity contribution in [3.05, 3.63) is 11.9 Å². The van der Waals surface area contributed by atoms with Crippen LogP contribution >= 0.6 is 0 Å². The Labute approximate surface area is 103 Å². The maximum absolute atomic E-state index is 9.07. The van der Waals surface area contributed by atoms with Crippen LogP contribution in [0.2, 0.25) is 0 Å². The first-order chi connectivity index (χ1) is 8.08. The van der Waals surface area contributed by atoms with Gasteiger partial charge in [0.25, 0.3) is 0 Å². The highest BCUT2D eigenvalue weighted by atomic mass is 16.3. The Hall–Kier alpha value is -1.36. The van der Waals surface area contributed by atoms with Crippen LogP contribution in [-0.2, 0) is 6.42 Å². The van der Waals surface area contributed by atoms with Gasteiger partial charge < -0.3 is 15.7 Å². The van der Waals surface area contributed by atoms with Crippen molar-refractivity contribution in [1.82, 2.24) is 9.97 Å². The number of anilines is 2. The van der Waals surface area contributed by atoms with Crippen LogP contribution in [-0.4, -0.2) is 34.3 Å². The monoisotopic (exact) mass is 238 g/mol. The smallest absolute Gasteiger partial charge is 0.134 e. The summed E-state index contributed by atoms with van der Waals surface area (Å²) in [5.74, 6) is 2.05. The van der Waals surface area contributed by atoms with Gasteiger partial charge in [0.2, 0.25) is 0 Å². The average molecular weight is 238 g/mol. The second-order valence-electron chi connectivity index (χ2n) is 4.33. The van der Waals surface area contributed by atoms with Crippen LogP contribution < -0.4 is 10.6 Å². The number of aryl methyl sites for hydroxylation is 1. The van der Waals surface area contributed by atoms with E-state index in [9.17, 15) is 0 Å². The van der Waals surface area contributed by atoms with Gasteiger partial charge in [0, 0.05) is 25.1 Å². The van der Waals surface area contributed by atoms with Gasteiger partial charge in [-0.3, -0.25) is 0 Å². The maximum atomic E-state index is 9.07. The molecule has 0 aliphatic rings. The van der Waals surface area contributed by atoms with E-state index in [0.29, 0.717) is 12.4 Å². The minimum absolute atomic E-state index is 0.102. The van der Waals surface area contributed by atoms with Crippen molar-refractivity contribution in [3.63, 3.8) is 0 Å². The highest BCUT2D eigenvalue weighted by molar-refractivity contribution is 5.47. The van der Waals surface area contributed by atoms with Crippen LogP contribution in [0.15, 0.2) is 6.07 Å². The van der Waals surface area contributed by atoms with E-state index in [-0.39, 0.29) is 12.6 Å². The normalized spacial score (nSPS) is 10.9. The molecule has 0 saturated carbocycles. The van der Waals surface area contributed by atoms with Crippen LogP contribution in [0, 0.1) is 0 Å². The third-order valence-corrected chi connectivity index (χ3v) is 2.51. The Bertz CT molecular complexity index is 354. The van der Waals surface area contributed by atoms with Crippen LogP contribution in [0.4, 0.5) is 11.6 Å². The van der Waals surface area contributed by atoms with E-state index in [0.717, 1.165) is 24.5 Å². The predicted octanol–water partition coefficient (Wildman–Crippen LogP) is 1.22. The van der Waals surface area contributed by atoms with Gasteiger partial charge in [0.1, 0.15) is 17.5 Å². The fourth-order valence-electron chi connectivity index (χ4n) is 1.73. The number of hydrogen-bond acceptors (Lipinski definition) is 5. The first-order valence-corrected chi connectivity index (χ1v) is 6.09.